The van der Waals surface area contributed by atoms with Crippen LogP contribution in [-0.2, 0) is 0 Å². The lowest BCUT2D eigenvalue weighted by molar-refractivity contribution is 0.0699. The lowest BCUT2D eigenvalue weighted by Gasteiger charge is -2.02. The van der Waals surface area contributed by atoms with Crippen LogP contribution in [0.15, 0.2) is 60.7 Å². The summed E-state index contributed by atoms with van der Waals surface area (Å²) in [4.78, 5) is 12.3. The van der Waals surface area contributed by atoms with Crippen LogP contribution < -0.4 is 0 Å². The molecule has 0 bridgehead atoms. The van der Waals surface area contributed by atoms with Gasteiger partial charge in [0.2, 0.25) is 0 Å². The zero-order valence-electron chi connectivity index (χ0n) is 10.5. The minimum absolute atomic E-state index is 0.271. The molecule has 1 heterocycles. The first-order valence-electron chi connectivity index (χ1n) is 6.11. The first-order chi connectivity index (χ1) is 9.77. The molecule has 20 heavy (non-hydrogen) atoms. The van der Waals surface area contributed by atoms with Crippen LogP contribution in [0.1, 0.15) is 10.4 Å². The number of hydrogen-bond donors (Lipinski definition) is 1. The van der Waals surface area contributed by atoms with Crippen LogP contribution in [0.5, 0.6) is 0 Å². The molecule has 0 atom stereocenters. The van der Waals surface area contributed by atoms with Gasteiger partial charge in [0, 0.05) is 5.56 Å². The van der Waals surface area contributed by atoms with Crippen molar-refractivity contribution in [1.82, 2.24) is 4.37 Å². The van der Waals surface area contributed by atoms with E-state index in [1.54, 1.807) is 0 Å². The Morgan fingerprint density at radius 2 is 1.45 bits per heavy atom. The number of carboxylic acid groups (broad SMARTS) is 1. The van der Waals surface area contributed by atoms with Crippen LogP contribution in [0.4, 0.5) is 0 Å². The first-order valence-corrected chi connectivity index (χ1v) is 6.88. The van der Waals surface area contributed by atoms with Crippen molar-refractivity contribution >= 4 is 17.5 Å². The molecule has 0 fully saturated rings. The summed E-state index contributed by atoms with van der Waals surface area (Å²) in [5, 5.41) is 9.52. The van der Waals surface area contributed by atoms with E-state index in [0.717, 1.165) is 11.1 Å². The van der Waals surface area contributed by atoms with Crippen molar-refractivity contribution in [3.8, 4) is 21.7 Å². The summed E-state index contributed by atoms with van der Waals surface area (Å²) in [7, 11) is 0. The topological polar surface area (TPSA) is 50.2 Å². The second-order valence-corrected chi connectivity index (χ2v) is 5.05. The molecule has 3 nitrogen and oxygen atoms in total. The highest BCUT2D eigenvalue weighted by molar-refractivity contribution is 7.10. The van der Waals surface area contributed by atoms with E-state index in [1.165, 1.54) is 11.5 Å². The molecule has 1 N–H and O–H groups in total. The van der Waals surface area contributed by atoms with Crippen LogP contribution in [-0.4, -0.2) is 15.4 Å². The first kappa shape index (κ1) is 12.6. The summed E-state index contributed by atoms with van der Waals surface area (Å²) in [6, 6.07) is 18.9. The molecule has 0 saturated heterocycles. The monoisotopic (exact) mass is 281 g/mol. The average Bonchev–Trinajstić information content (AvgIpc) is 2.94. The fourth-order valence-corrected chi connectivity index (χ4v) is 2.96. The molecule has 1 aromatic heterocycles. The predicted molar refractivity (Wildman–Crippen MR) is 79.9 cm³/mol. The third-order valence-electron chi connectivity index (χ3n) is 2.99. The van der Waals surface area contributed by atoms with Gasteiger partial charge in [0.25, 0.3) is 0 Å². The molecular formula is C16H11NO2S. The number of benzene rings is 2. The fraction of sp³-hybridized carbons (Fsp3) is 0. The van der Waals surface area contributed by atoms with Gasteiger partial charge in [0.15, 0.2) is 0 Å². The molecule has 3 aromatic rings. The highest BCUT2D eigenvalue weighted by atomic mass is 32.1. The Labute approximate surface area is 120 Å². The number of carboxylic acids is 1. The van der Waals surface area contributed by atoms with Gasteiger partial charge in [-0.05, 0) is 17.1 Å². The number of nitrogens with zero attached hydrogens (tertiary/aromatic N) is 1. The summed E-state index contributed by atoms with van der Waals surface area (Å²) < 4.78 is 4.34. The van der Waals surface area contributed by atoms with E-state index in [1.807, 2.05) is 60.7 Å². The lowest BCUT2D eigenvalue weighted by atomic mass is 10.0. The number of aromatic carboxylic acids is 1. The van der Waals surface area contributed by atoms with Crippen LogP contribution in [0.2, 0.25) is 0 Å². The van der Waals surface area contributed by atoms with Crippen molar-refractivity contribution in [1.29, 1.82) is 0 Å². The maximum atomic E-state index is 11.6. The average molecular weight is 281 g/mol. The Bertz CT molecular complexity index is 679. The highest BCUT2D eigenvalue weighted by Gasteiger charge is 2.22. The van der Waals surface area contributed by atoms with E-state index < -0.39 is 5.97 Å². The smallest absolute Gasteiger partial charge is 0.339 e. The Kier molecular flexibility index (Phi) is 3.31. The molecule has 2 aromatic carbocycles. The number of aromatic nitrogens is 1. The molecule has 0 radical (unpaired) electrons. The summed E-state index contributed by atoms with van der Waals surface area (Å²) in [5.74, 6) is -0.948. The molecule has 0 unspecified atom stereocenters. The van der Waals surface area contributed by atoms with Crippen molar-refractivity contribution < 1.29 is 9.90 Å². The normalized spacial score (nSPS) is 10.4. The summed E-state index contributed by atoms with van der Waals surface area (Å²) in [6.45, 7) is 0. The van der Waals surface area contributed by atoms with Crippen LogP contribution in [0, 0.1) is 0 Å². The molecular weight excluding hydrogens is 270 g/mol. The van der Waals surface area contributed by atoms with E-state index in [0.29, 0.717) is 10.6 Å². The molecule has 3 rings (SSSR count). The minimum atomic E-state index is -0.948. The molecule has 0 saturated carbocycles. The molecule has 98 valence electrons. The standard InChI is InChI=1S/C16H11NO2S/c18-16(19)13-14(11-7-3-1-4-8-11)17-20-15(13)12-9-5-2-6-10-12/h1-10H,(H,18,19). The van der Waals surface area contributed by atoms with Gasteiger partial charge in [0.1, 0.15) is 5.56 Å². The van der Waals surface area contributed by atoms with Gasteiger partial charge in [-0.1, -0.05) is 60.7 Å². The zero-order valence-corrected chi connectivity index (χ0v) is 11.3. The Morgan fingerprint density at radius 3 is 2.00 bits per heavy atom. The molecule has 0 aliphatic carbocycles. The Balaban J connectivity index is 2.20. The third kappa shape index (κ3) is 2.21. The van der Waals surface area contributed by atoms with Gasteiger partial charge in [-0.3, -0.25) is 0 Å². The SMILES string of the molecule is O=C(O)c1c(-c2ccccc2)nsc1-c1ccccc1. The van der Waals surface area contributed by atoms with Gasteiger partial charge in [-0.15, -0.1) is 0 Å². The van der Waals surface area contributed by atoms with E-state index in [9.17, 15) is 9.90 Å². The lowest BCUT2D eigenvalue weighted by Crippen LogP contribution is -1.99. The van der Waals surface area contributed by atoms with Crippen molar-refractivity contribution in [2.75, 3.05) is 0 Å². The summed E-state index contributed by atoms with van der Waals surface area (Å²) in [5.41, 5.74) is 2.50. The van der Waals surface area contributed by atoms with Crippen molar-refractivity contribution in [2.45, 2.75) is 0 Å². The third-order valence-corrected chi connectivity index (χ3v) is 3.89. The van der Waals surface area contributed by atoms with Gasteiger partial charge in [-0.2, -0.15) is 4.37 Å². The molecule has 4 heteroatoms. The summed E-state index contributed by atoms with van der Waals surface area (Å²) >= 11 is 1.22. The van der Waals surface area contributed by atoms with Crippen molar-refractivity contribution in [2.24, 2.45) is 0 Å². The quantitative estimate of drug-likeness (QED) is 0.783. The molecule has 0 aliphatic rings. The van der Waals surface area contributed by atoms with Crippen LogP contribution in [0.3, 0.4) is 0 Å². The number of rotatable bonds is 3. The minimum Gasteiger partial charge on any atom is -0.478 e. The zero-order chi connectivity index (χ0) is 13.9. The van der Waals surface area contributed by atoms with Crippen LogP contribution >= 0.6 is 11.5 Å². The number of carbonyl (C=O) groups is 1. The van der Waals surface area contributed by atoms with Crippen LogP contribution in [0.25, 0.3) is 21.7 Å². The maximum absolute atomic E-state index is 11.6. The maximum Gasteiger partial charge on any atom is 0.339 e. The van der Waals surface area contributed by atoms with E-state index >= 15 is 0 Å². The summed E-state index contributed by atoms with van der Waals surface area (Å²) in [6.07, 6.45) is 0. The molecule has 0 aliphatic heterocycles. The van der Waals surface area contributed by atoms with Gasteiger partial charge < -0.3 is 5.11 Å². The van der Waals surface area contributed by atoms with Crippen molar-refractivity contribution in [3.63, 3.8) is 0 Å². The van der Waals surface area contributed by atoms with E-state index in [2.05, 4.69) is 4.37 Å². The Hall–Kier alpha value is -2.46. The predicted octanol–water partition coefficient (Wildman–Crippen LogP) is 4.18. The van der Waals surface area contributed by atoms with E-state index in [-0.39, 0.29) is 5.56 Å². The fourth-order valence-electron chi connectivity index (χ4n) is 2.07. The number of hydrogen-bond acceptors (Lipinski definition) is 3. The van der Waals surface area contributed by atoms with Gasteiger partial charge in [-0.25, -0.2) is 4.79 Å². The van der Waals surface area contributed by atoms with Gasteiger partial charge in [0.05, 0.1) is 10.6 Å². The highest BCUT2D eigenvalue weighted by Crippen LogP contribution is 2.35. The molecule has 0 amide bonds. The molecule has 0 spiro atoms. The van der Waals surface area contributed by atoms with Gasteiger partial charge >= 0.3 is 5.97 Å². The largest absolute Gasteiger partial charge is 0.478 e. The second-order valence-electron chi connectivity index (χ2n) is 4.27. The van der Waals surface area contributed by atoms with Crippen molar-refractivity contribution in [3.05, 3.63) is 66.2 Å². The van der Waals surface area contributed by atoms with E-state index in [4.69, 9.17) is 0 Å². The Morgan fingerprint density at radius 1 is 0.900 bits per heavy atom. The second kappa shape index (κ2) is 5.27.